The van der Waals surface area contributed by atoms with Gasteiger partial charge in [0, 0.05) is 6.42 Å². The van der Waals surface area contributed by atoms with Crippen LogP contribution < -0.4 is 0 Å². The summed E-state index contributed by atoms with van der Waals surface area (Å²) < 4.78 is 11.2. The van der Waals surface area contributed by atoms with Crippen molar-refractivity contribution >= 4 is 5.97 Å². The van der Waals surface area contributed by atoms with E-state index in [-0.39, 0.29) is 18.2 Å². The molecular formula is C18H28O3. The molecule has 4 rings (SSSR count). The van der Waals surface area contributed by atoms with E-state index in [2.05, 4.69) is 13.8 Å². The van der Waals surface area contributed by atoms with E-state index >= 15 is 0 Å². The van der Waals surface area contributed by atoms with E-state index in [1.807, 2.05) is 0 Å². The van der Waals surface area contributed by atoms with Crippen LogP contribution in [0.4, 0.5) is 0 Å². The molecule has 8 unspecified atom stereocenters. The lowest BCUT2D eigenvalue weighted by atomic mass is 9.73. The van der Waals surface area contributed by atoms with Gasteiger partial charge in [-0.15, -0.1) is 0 Å². The van der Waals surface area contributed by atoms with Crippen LogP contribution in [0.25, 0.3) is 0 Å². The fourth-order valence-electron chi connectivity index (χ4n) is 5.96. The van der Waals surface area contributed by atoms with E-state index in [0.717, 1.165) is 61.9 Å². The number of hydrogen-bond acceptors (Lipinski definition) is 3. The normalized spacial score (nSPS) is 51.9. The number of hydrogen-bond donors (Lipinski definition) is 0. The molecule has 1 heterocycles. The van der Waals surface area contributed by atoms with Crippen LogP contribution in [0, 0.1) is 41.4 Å². The summed E-state index contributed by atoms with van der Waals surface area (Å²) in [4.78, 5) is 12.6. The fraction of sp³-hybridized carbons (Fsp3) is 0.944. The molecule has 4 fully saturated rings. The number of ether oxygens (including phenoxy) is 2. The molecule has 118 valence electrons. The van der Waals surface area contributed by atoms with Crippen molar-refractivity contribution in [2.24, 2.45) is 41.4 Å². The largest absolute Gasteiger partial charge is 0.436 e. The summed E-state index contributed by atoms with van der Waals surface area (Å²) in [7, 11) is 0. The second-order valence-corrected chi connectivity index (χ2v) is 8.05. The first-order valence-electron chi connectivity index (χ1n) is 8.97. The quantitative estimate of drug-likeness (QED) is 0.729. The van der Waals surface area contributed by atoms with Crippen molar-refractivity contribution in [3.8, 4) is 0 Å². The zero-order valence-corrected chi connectivity index (χ0v) is 13.3. The Bertz CT molecular complexity index is 415. The molecule has 4 aliphatic rings. The van der Waals surface area contributed by atoms with Crippen molar-refractivity contribution in [2.45, 2.75) is 58.7 Å². The van der Waals surface area contributed by atoms with Gasteiger partial charge in [0.15, 0.2) is 0 Å². The zero-order valence-electron chi connectivity index (χ0n) is 13.3. The van der Waals surface area contributed by atoms with E-state index in [1.54, 1.807) is 0 Å². The molecule has 3 nitrogen and oxygen atoms in total. The average molecular weight is 292 g/mol. The SMILES string of the molecule is CC1CC2C3CC(C(=O)OC4CCCCO4)C(C3)C2C1C. The number of rotatable bonds is 2. The molecular weight excluding hydrogens is 264 g/mol. The monoisotopic (exact) mass is 292 g/mol. The average Bonchev–Trinajstić information content (AvgIpc) is 3.13. The molecule has 0 aromatic rings. The summed E-state index contributed by atoms with van der Waals surface area (Å²) in [6.45, 7) is 5.54. The van der Waals surface area contributed by atoms with Crippen molar-refractivity contribution in [3.05, 3.63) is 0 Å². The predicted molar refractivity (Wildman–Crippen MR) is 79.3 cm³/mol. The summed E-state index contributed by atoms with van der Waals surface area (Å²) in [5.41, 5.74) is 0. The third-order valence-electron chi connectivity index (χ3n) is 7.08. The first kappa shape index (κ1) is 14.0. The van der Waals surface area contributed by atoms with Gasteiger partial charge in [-0.25, -0.2) is 0 Å². The van der Waals surface area contributed by atoms with E-state index in [0.29, 0.717) is 5.92 Å². The summed E-state index contributed by atoms with van der Waals surface area (Å²) in [6.07, 6.45) is 6.58. The molecule has 3 heteroatoms. The number of carbonyl (C=O) groups excluding carboxylic acids is 1. The van der Waals surface area contributed by atoms with Gasteiger partial charge in [0.1, 0.15) is 0 Å². The maximum atomic E-state index is 12.6. The van der Waals surface area contributed by atoms with Gasteiger partial charge in [0.25, 0.3) is 0 Å². The van der Waals surface area contributed by atoms with Crippen LogP contribution >= 0.6 is 0 Å². The second-order valence-electron chi connectivity index (χ2n) is 8.05. The molecule has 8 atom stereocenters. The maximum Gasteiger partial charge on any atom is 0.311 e. The molecule has 1 aliphatic heterocycles. The summed E-state index contributed by atoms with van der Waals surface area (Å²) in [5.74, 6) is 4.88. The third kappa shape index (κ3) is 2.23. The van der Waals surface area contributed by atoms with Crippen molar-refractivity contribution in [2.75, 3.05) is 6.61 Å². The highest BCUT2D eigenvalue weighted by Gasteiger charge is 2.59. The van der Waals surface area contributed by atoms with Crippen LogP contribution in [0.3, 0.4) is 0 Å². The molecule has 0 N–H and O–H groups in total. The molecule has 0 aromatic heterocycles. The van der Waals surface area contributed by atoms with E-state index < -0.39 is 0 Å². The standard InChI is InChI=1S/C18H28O3/c1-10-7-13-12-8-14(17(13)11(10)2)15(9-12)18(19)21-16-5-3-4-6-20-16/h10-17H,3-9H2,1-2H3. The first-order valence-corrected chi connectivity index (χ1v) is 8.97. The van der Waals surface area contributed by atoms with Gasteiger partial charge < -0.3 is 9.47 Å². The molecule has 0 spiro atoms. The number of carbonyl (C=O) groups is 1. The Hall–Kier alpha value is -0.570. The van der Waals surface area contributed by atoms with Gasteiger partial charge >= 0.3 is 5.97 Å². The van der Waals surface area contributed by atoms with E-state index in [1.165, 1.54) is 12.8 Å². The summed E-state index contributed by atoms with van der Waals surface area (Å²) >= 11 is 0. The van der Waals surface area contributed by atoms with Crippen molar-refractivity contribution in [1.29, 1.82) is 0 Å². The molecule has 3 aliphatic carbocycles. The molecule has 1 saturated heterocycles. The van der Waals surface area contributed by atoms with E-state index in [9.17, 15) is 4.79 Å². The fourth-order valence-corrected chi connectivity index (χ4v) is 5.96. The van der Waals surface area contributed by atoms with Crippen molar-refractivity contribution in [1.82, 2.24) is 0 Å². The Kier molecular flexibility index (Phi) is 3.52. The van der Waals surface area contributed by atoms with Crippen LogP contribution in [0.15, 0.2) is 0 Å². The van der Waals surface area contributed by atoms with Gasteiger partial charge in [0.2, 0.25) is 6.29 Å². The van der Waals surface area contributed by atoms with E-state index in [4.69, 9.17) is 9.47 Å². The minimum Gasteiger partial charge on any atom is -0.436 e. The lowest BCUT2D eigenvalue weighted by molar-refractivity contribution is -0.193. The second kappa shape index (κ2) is 5.26. The Labute approximate surface area is 127 Å². The first-order chi connectivity index (χ1) is 10.1. The number of esters is 1. The lowest BCUT2D eigenvalue weighted by Crippen LogP contribution is -2.36. The molecule has 0 amide bonds. The highest BCUT2D eigenvalue weighted by atomic mass is 16.7. The van der Waals surface area contributed by atoms with Gasteiger partial charge in [0.05, 0.1) is 12.5 Å². The third-order valence-corrected chi connectivity index (χ3v) is 7.08. The topological polar surface area (TPSA) is 35.5 Å². The Morgan fingerprint density at radius 1 is 1.10 bits per heavy atom. The molecule has 2 bridgehead atoms. The van der Waals surface area contributed by atoms with Gasteiger partial charge in [-0.05, 0) is 67.6 Å². The predicted octanol–water partition coefficient (Wildman–Crippen LogP) is 3.62. The van der Waals surface area contributed by atoms with Crippen molar-refractivity contribution < 1.29 is 14.3 Å². The zero-order chi connectivity index (χ0) is 14.6. The summed E-state index contributed by atoms with van der Waals surface area (Å²) in [5, 5.41) is 0. The highest BCUT2D eigenvalue weighted by Crippen LogP contribution is 2.64. The van der Waals surface area contributed by atoms with Gasteiger partial charge in [-0.2, -0.15) is 0 Å². The summed E-state index contributed by atoms with van der Waals surface area (Å²) in [6, 6.07) is 0. The Balaban J connectivity index is 1.42. The molecule has 0 radical (unpaired) electrons. The highest BCUT2D eigenvalue weighted by molar-refractivity contribution is 5.73. The molecule has 3 saturated carbocycles. The Morgan fingerprint density at radius 3 is 2.71 bits per heavy atom. The van der Waals surface area contributed by atoms with Crippen LogP contribution in [0.2, 0.25) is 0 Å². The van der Waals surface area contributed by atoms with Crippen molar-refractivity contribution in [3.63, 3.8) is 0 Å². The minimum absolute atomic E-state index is 0.0413. The Morgan fingerprint density at radius 2 is 1.95 bits per heavy atom. The van der Waals surface area contributed by atoms with Gasteiger partial charge in [-0.1, -0.05) is 13.8 Å². The number of fused-ring (bicyclic) bond motifs is 5. The molecule has 21 heavy (non-hydrogen) atoms. The van der Waals surface area contributed by atoms with Gasteiger partial charge in [-0.3, -0.25) is 4.79 Å². The smallest absolute Gasteiger partial charge is 0.311 e. The maximum absolute atomic E-state index is 12.6. The van der Waals surface area contributed by atoms with Crippen LogP contribution in [-0.4, -0.2) is 18.9 Å². The minimum atomic E-state index is -0.263. The van der Waals surface area contributed by atoms with Crippen LogP contribution in [0.5, 0.6) is 0 Å². The lowest BCUT2D eigenvalue weighted by Gasteiger charge is -2.33. The molecule has 0 aromatic carbocycles. The van der Waals surface area contributed by atoms with Crippen LogP contribution in [-0.2, 0) is 14.3 Å². The van der Waals surface area contributed by atoms with Crippen LogP contribution in [0.1, 0.15) is 52.4 Å².